The summed E-state index contributed by atoms with van der Waals surface area (Å²) in [5.74, 6) is 0.152. The molecule has 0 aromatic carbocycles. The van der Waals surface area contributed by atoms with Crippen molar-refractivity contribution < 1.29 is 31.1 Å². The minimum Gasteiger partial charge on any atom is -0.381 e. The second kappa shape index (κ2) is 7.49. The Kier molecular flexibility index (Phi) is 5.45. The van der Waals surface area contributed by atoms with Gasteiger partial charge in [0.25, 0.3) is 0 Å². The van der Waals surface area contributed by atoms with Crippen molar-refractivity contribution in [2.45, 2.75) is 50.6 Å². The van der Waals surface area contributed by atoms with Crippen LogP contribution >= 0.6 is 0 Å². The van der Waals surface area contributed by atoms with Crippen LogP contribution in [0.25, 0.3) is 11.5 Å². The average Bonchev–Trinajstić information content (AvgIpc) is 3.18. The number of hydrogen-bond donors (Lipinski definition) is 0. The van der Waals surface area contributed by atoms with Gasteiger partial charge in [-0.05, 0) is 12.8 Å². The van der Waals surface area contributed by atoms with Gasteiger partial charge in [0.05, 0.1) is 18.8 Å². The van der Waals surface area contributed by atoms with Crippen LogP contribution in [0.5, 0.6) is 0 Å². The zero-order valence-corrected chi connectivity index (χ0v) is 14.1. The quantitative estimate of drug-likeness (QED) is 0.725. The predicted octanol–water partition coefficient (Wildman–Crippen LogP) is 3.55. The number of hydrogen-bond acceptors (Lipinski definition) is 4. The van der Waals surface area contributed by atoms with Gasteiger partial charge in [-0.1, -0.05) is 0 Å². The van der Waals surface area contributed by atoms with Crippen LogP contribution in [0.3, 0.4) is 0 Å². The van der Waals surface area contributed by atoms with Crippen molar-refractivity contribution in [2.75, 3.05) is 13.2 Å². The van der Waals surface area contributed by atoms with Gasteiger partial charge >= 0.3 is 12.4 Å². The molecule has 0 radical (unpaired) electrons. The van der Waals surface area contributed by atoms with Gasteiger partial charge in [0, 0.05) is 25.8 Å². The maximum Gasteiger partial charge on any atom is 0.406 e. The maximum absolute atomic E-state index is 12.5. The molecule has 12 heteroatoms. The third-order valence-corrected chi connectivity index (χ3v) is 4.07. The number of halogens is 6. The normalized spacial score (nSPS) is 16.8. The van der Waals surface area contributed by atoms with E-state index in [0.29, 0.717) is 26.1 Å². The molecule has 1 fully saturated rings. The minimum absolute atomic E-state index is 0.0146. The van der Waals surface area contributed by atoms with E-state index in [0.717, 1.165) is 10.9 Å². The fraction of sp³-hybridized carbons (Fsp3) is 0.667. The molecule has 1 aliphatic rings. The summed E-state index contributed by atoms with van der Waals surface area (Å²) in [6.07, 6.45) is -6.90. The number of aryl methyl sites for hydroxylation is 1. The van der Waals surface area contributed by atoms with Crippen molar-refractivity contribution in [1.82, 2.24) is 24.3 Å². The molecule has 0 aliphatic carbocycles. The average molecular weight is 397 g/mol. The first kappa shape index (κ1) is 19.6. The van der Waals surface area contributed by atoms with Crippen molar-refractivity contribution in [3.8, 4) is 11.5 Å². The monoisotopic (exact) mass is 397 g/mol. The number of rotatable bonds is 5. The zero-order valence-electron chi connectivity index (χ0n) is 14.1. The van der Waals surface area contributed by atoms with E-state index in [4.69, 9.17) is 4.74 Å². The van der Waals surface area contributed by atoms with Crippen molar-refractivity contribution in [1.29, 1.82) is 0 Å². The first-order valence-corrected chi connectivity index (χ1v) is 8.29. The maximum atomic E-state index is 12.5. The summed E-state index contributed by atoms with van der Waals surface area (Å²) in [5, 5.41) is 4.18. The van der Waals surface area contributed by atoms with Gasteiger partial charge in [-0.3, -0.25) is 0 Å². The van der Waals surface area contributed by atoms with E-state index >= 15 is 0 Å². The molecule has 27 heavy (non-hydrogen) atoms. The van der Waals surface area contributed by atoms with E-state index < -0.39 is 31.7 Å². The van der Waals surface area contributed by atoms with Gasteiger partial charge in [-0.2, -0.15) is 31.4 Å². The smallest absolute Gasteiger partial charge is 0.381 e. The summed E-state index contributed by atoms with van der Waals surface area (Å²) < 4.78 is 82.7. The molecule has 0 bridgehead atoms. The highest BCUT2D eigenvalue weighted by Crippen LogP contribution is 2.28. The first-order valence-electron chi connectivity index (χ1n) is 8.29. The van der Waals surface area contributed by atoms with Gasteiger partial charge in [0.15, 0.2) is 11.6 Å². The third kappa shape index (κ3) is 5.44. The lowest BCUT2D eigenvalue weighted by atomic mass is 10.1. The molecule has 0 N–H and O–H groups in total. The Labute approximate surface area is 150 Å². The van der Waals surface area contributed by atoms with Crippen LogP contribution < -0.4 is 0 Å². The lowest BCUT2D eigenvalue weighted by molar-refractivity contribution is -0.140. The van der Waals surface area contributed by atoms with Crippen molar-refractivity contribution in [3.63, 3.8) is 0 Å². The molecule has 0 spiro atoms. The molecule has 3 rings (SSSR count). The van der Waals surface area contributed by atoms with E-state index in [1.54, 1.807) is 0 Å². The van der Waals surface area contributed by atoms with Crippen molar-refractivity contribution in [2.24, 2.45) is 0 Å². The van der Waals surface area contributed by atoms with Gasteiger partial charge < -0.3 is 9.30 Å². The second-order valence-corrected chi connectivity index (χ2v) is 6.30. The lowest BCUT2D eigenvalue weighted by Crippen LogP contribution is -2.21. The number of aromatic nitrogens is 5. The molecule has 0 saturated carbocycles. The van der Waals surface area contributed by atoms with E-state index in [1.165, 1.54) is 10.9 Å². The molecule has 150 valence electrons. The van der Waals surface area contributed by atoms with Crippen LogP contribution in [-0.4, -0.2) is 49.9 Å². The number of nitrogens with zero attached hydrogens (tertiary/aromatic N) is 5. The zero-order chi connectivity index (χ0) is 19.7. The summed E-state index contributed by atoms with van der Waals surface area (Å²) >= 11 is 0. The Bertz CT molecular complexity index is 760. The van der Waals surface area contributed by atoms with E-state index in [-0.39, 0.29) is 23.4 Å². The van der Waals surface area contributed by atoms with E-state index in [2.05, 4.69) is 15.1 Å². The molecule has 0 unspecified atom stereocenters. The number of imidazole rings is 1. The highest BCUT2D eigenvalue weighted by atomic mass is 19.4. The van der Waals surface area contributed by atoms with E-state index in [9.17, 15) is 26.3 Å². The summed E-state index contributed by atoms with van der Waals surface area (Å²) in [5.41, 5.74) is 0.136. The Morgan fingerprint density at radius 1 is 1.07 bits per heavy atom. The largest absolute Gasteiger partial charge is 0.406 e. The Hall–Kier alpha value is -2.11. The molecular formula is C15H17F6N5O. The molecule has 0 atom stereocenters. The standard InChI is InChI=1S/C15H17F6N5O/c16-14(17,18)4-1-12-23-13(26(24-12)10-2-5-27-6-3-10)11-7-25(9-22-11)8-15(19,20)21/h7,9-10H,1-6,8H2. The third-order valence-electron chi connectivity index (χ3n) is 4.07. The molecule has 6 nitrogen and oxygen atoms in total. The van der Waals surface area contributed by atoms with Crippen molar-refractivity contribution in [3.05, 3.63) is 18.3 Å². The summed E-state index contributed by atoms with van der Waals surface area (Å²) in [6.45, 7) is -0.291. The van der Waals surface area contributed by atoms with Crippen LogP contribution in [0.1, 0.15) is 31.1 Å². The number of alkyl halides is 6. The molecule has 0 amide bonds. The summed E-state index contributed by atoms with van der Waals surface area (Å²) in [7, 11) is 0. The SMILES string of the molecule is FC(F)(F)CCc1nc(-c2cn(CC(F)(F)F)cn2)n(C2CCOCC2)n1. The molecule has 1 saturated heterocycles. The first-order chi connectivity index (χ1) is 12.6. The molecule has 1 aliphatic heterocycles. The topological polar surface area (TPSA) is 57.8 Å². The van der Waals surface area contributed by atoms with Crippen LogP contribution in [0.4, 0.5) is 26.3 Å². The highest BCUT2D eigenvalue weighted by Gasteiger charge is 2.30. The Morgan fingerprint density at radius 3 is 2.41 bits per heavy atom. The lowest BCUT2D eigenvalue weighted by Gasteiger charge is -2.23. The Balaban J connectivity index is 1.88. The molecular weight excluding hydrogens is 380 g/mol. The van der Waals surface area contributed by atoms with E-state index in [1.807, 2.05) is 0 Å². The Morgan fingerprint density at radius 2 is 1.78 bits per heavy atom. The van der Waals surface area contributed by atoms with Gasteiger partial charge in [-0.25, -0.2) is 14.6 Å². The van der Waals surface area contributed by atoms with Gasteiger partial charge in [0.1, 0.15) is 12.2 Å². The minimum atomic E-state index is -4.41. The van der Waals surface area contributed by atoms with Crippen molar-refractivity contribution >= 4 is 0 Å². The predicted molar refractivity (Wildman–Crippen MR) is 80.8 cm³/mol. The fourth-order valence-electron chi connectivity index (χ4n) is 2.85. The van der Waals surface area contributed by atoms with Gasteiger partial charge in [0.2, 0.25) is 0 Å². The summed E-state index contributed by atoms with van der Waals surface area (Å²) in [4.78, 5) is 8.06. The van der Waals surface area contributed by atoms with Crippen LogP contribution in [0, 0.1) is 0 Å². The van der Waals surface area contributed by atoms with Gasteiger partial charge in [-0.15, -0.1) is 0 Å². The molecule has 2 aromatic rings. The van der Waals surface area contributed by atoms with Crippen LogP contribution in [0.15, 0.2) is 12.5 Å². The number of ether oxygens (including phenoxy) is 1. The van der Waals surface area contributed by atoms with Crippen LogP contribution in [0.2, 0.25) is 0 Å². The highest BCUT2D eigenvalue weighted by molar-refractivity contribution is 5.48. The molecule has 2 aromatic heterocycles. The summed E-state index contributed by atoms with van der Waals surface area (Å²) in [6, 6.07) is -0.159. The second-order valence-electron chi connectivity index (χ2n) is 6.30. The van der Waals surface area contributed by atoms with Crippen LogP contribution in [-0.2, 0) is 17.7 Å². The molecule has 3 heterocycles. The fourth-order valence-corrected chi connectivity index (χ4v) is 2.85.